The number of hydrogen-bond donors (Lipinski definition) is 2. The first-order valence-corrected chi connectivity index (χ1v) is 17.4. The number of fused-ring (bicyclic) bond motifs is 1. The van der Waals surface area contributed by atoms with Crippen molar-refractivity contribution in [3.8, 4) is 28.7 Å². The van der Waals surface area contributed by atoms with Gasteiger partial charge in [-0.15, -0.1) is 0 Å². The van der Waals surface area contributed by atoms with Gasteiger partial charge in [-0.25, -0.2) is 0 Å². The summed E-state index contributed by atoms with van der Waals surface area (Å²) in [5.74, 6) is -0.0149. The molecule has 12 heteroatoms. The minimum Gasteiger partial charge on any atom is -0.488 e. The van der Waals surface area contributed by atoms with Gasteiger partial charge in [0.2, 0.25) is 0 Å². The fraction of sp³-hybridized carbons (Fsp3) is 0.333. The fourth-order valence-corrected chi connectivity index (χ4v) is 6.35. The number of pyridine rings is 1. The van der Waals surface area contributed by atoms with E-state index in [1.165, 1.54) is 6.20 Å². The van der Waals surface area contributed by atoms with Crippen LogP contribution in [-0.2, 0) is 24.6 Å². The van der Waals surface area contributed by atoms with Crippen molar-refractivity contribution in [1.29, 1.82) is 5.26 Å². The Morgan fingerprint density at radius 1 is 1.06 bits per heavy atom. The predicted molar refractivity (Wildman–Crippen MR) is 196 cm³/mol. The summed E-state index contributed by atoms with van der Waals surface area (Å²) >= 11 is 6.76. The predicted octanol–water partition coefficient (Wildman–Crippen LogP) is 6.98. The summed E-state index contributed by atoms with van der Waals surface area (Å²) in [5, 5.41) is 22.4. The Hall–Kier alpha value is -5.15. The number of carboxylic acids is 1. The van der Waals surface area contributed by atoms with Crippen LogP contribution >= 0.6 is 11.6 Å². The van der Waals surface area contributed by atoms with Gasteiger partial charge in [-0.3, -0.25) is 9.78 Å². The molecule has 0 radical (unpaired) electrons. The Balaban J connectivity index is 1.21. The molecule has 0 bridgehead atoms. The maximum atomic E-state index is 11.8. The summed E-state index contributed by atoms with van der Waals surface area (Å²) in [7, 11) is 2.12. The molecule has 6 rings (SSSR count). The largest absolute Gasteiger partial charge is 0.488 e. The smallest absolute Gasteiger partial charge is 0.320 e. The van der Waals surface area contributed by atoms with Crippen molar-refractivity contribution in [3.63, 3.8) is 0 Å². The van der Waals surface area contributed by atoms with Gasteiger partial charge in [0.15, 0.2) is 5.58 Å². The maximum absolute atomic E-state index is 11.8. The van der Waals surface area contributed by atoms with Gasteiger partial charge in [0.25, 0.3) is 6.01 Å². The number of aromatic nitrogens is 2. The molecule has 3 aromatic carbocycles. The number of halogens is 1. The van der Waals surface area contributed by atoms with Crippen LogP contribution in [0.4, 0.5) is 6.01 Å². The normalized spacial score (nSPS) is 14.0. The lowest BCUT2D eigenvalue weighted by atomic mass is 9.96. The molecule has 11 nitrogen and oxygen atoms in total. The molecule has 2 N–H and O–H groups in total. The van der Waals surface area contributed by atoms with Crippen LogP contribution in [0.15, 0.2) is 71.4 Å². The Bertz CT molecular complexity index is 2050. The summed E-state index contributed by atoms with van der Waals surface area (Å²) < 4.78 is 18.6. The fourth-order valence-electron chi connectivity index (χ4n) is 6.11. The Morgan fingerprint density at radius 3 is 2.63 bits per heavy atom. The Kier molecular flexibility index (Phi) is 11.4. The van der Waals surface area contributed by atoms with Gasteiger partial charge >= 0.3 is 5.97 Å². The highest BCUT2D eigenvalue weighted by Crippen LogP contribution is 2.36. The van der Waals surface area contributed by atoms with E-state index < -0.39 is 12.0 Å². The average Bonchev–Trinajstić information content (AvgIpc) is 3.57. The minimum absolute atomic E-state index is 0.141. The van der Waals surface area contributed by atoms with Crippen molar-refractivity contribution < 1.29 is 23.8 Å². The average molecular weight is 709 g/mol. The number of nitrogens with zero attached hydrogens (tertiary/aromatic N) is 5. The molecular weight excluding hydrogens is 668 g/mol. The number of rotatable bonds is 14. The number of carboxylic acid groups (broad SMARTS) is 1. The molecule has 264 valence electrons. The number of piperazine rings is 1. The van der Waals surface area contributed by atoms with Crippen molar-refractivity contribution >= 4 is 34.7 Å². The number of anilines is 1. The lowest BCUT2D eigenvalue weighted by Gasteiger charge is -2.31. The highest BCUT2D eigenvalue weighted by Gasteiger charge is 2.21. The molecule has 1 atom stereocenters. The number of aliphatic carboxylic acids is 1. The molecule has 5 aromatic rings. The number of benzene rings is 3. The number of ether oxygens (including phenoxy) is 2. The van der Waals surface area contributed by atoms with Crippen molar-refractivity contribution in [3.05, 3.63) is 99.8 Å². The zero-order valence-electron chi connectivity index (χ0n) is 29.0. The zero-order valence-corrected chi connectivity index (χ0v) is 29.7. The molecule has 0 spiro atoms. The number of carbonyl (C=O) groups is 1. The van der Waals surface area contributed by atoms with Gasteiger partial charge in [0, 0.05) is 62.3 Å². The maximum Gasteiger partial charge on any atom is 0.320 e. The van der Waals surface area contributed by atoms with Crippen molar-refractivity contribution in [2.24, 2.45) is 0 Å². The number of oxazole rings is 1. The first-order valence-electron chi connectivity index (χ1n) is 17.0. The van der Waals surface area contributed by atoms with Crippen LogP contribution in [0.3, 0.4) is 0 Å². The third-order valence-electron chi connectivity index (χ3n) is 9.14. The van der Waals surface area contributed by atoms with E-state index in [9.17, 15) is 15.2 Å². The third-order valence-corrected chi connectivity index (χ3v) is 9.43. The van der Waals surface area contributed by atoms with Gasteiger partial charge in [-0.1, -0.05) is 49.2 Å². The van der Waals surface area contributed by atoms with Crippen LogP contribution in [0.25, 0.3) is 22.2 Å². The number of nitrogens with one attached hydrogen (secondary N) is 1. The lowest BCUT2D eigenvalue weighted by Crippen LogP contribution is -2.44. The first kappa shape index (κ1) is 35.7. The van der Waals surface area contributed by atoms with Gasteiger partial charge in [-0.2, -0.15) is 10.2 Å². The van der Waals surface area contributed by atoms with Crippen molar-refractivity contribution in [2.45, 2.75) is 52.5 Å². The Labute approximate surface area is 302 Å². The van der Waals surface area contributed by atoms with Gasteiger partial charge < -0.3 is 34.1 Å². The minimum atomic E-state index is -0.918. The monoisotopic (exact) mass is 708 g/mol. The Morgan fingerprint density at radius 2 is 1.86 bits per heavy atom. The molecular formula is C39H41ClN6O5. The quantitative estimate of drug-likeness (QED) is 0.124. The second kappa shape index (κ2) is 16.2. The van der Waals surface area contributed by atoms with E-state index >= 15 is 0 Å². The molecule has 51 heavy (non-hydrogen) atoms. The highest BCUT2D eigenvalue weighted by molar-refractivity contribution is 6.32. The molecule has 2 aromatic heterocycles. The number of hydrogen-bond acceptors (Lipinski definition) is 10. The van der Waals surface area contributed by atoms with Crippen molar-refractivity contribution in [2.75, 3.05) is 38.1 Å². The standard InChI is InChI=1S/C39H41ClN6O5/c1-4-6-33(38(47)48)43-22-30-16-32(40)37(18-36(30)49-23-27-15-26(19-41)20-42-21-27)50-24-29-7-5-8-31(25(29)2)28-9-10-35-34(17-28)44-39(51-35)46-13-11-45(3)12-14-46/h5,7-10,15-18,20-21,33,43H,4,6,11-14,22-24H2,1-3H3,(H,47,48). The molecule has 1 aliphatic rings. The van der Waals surface area contributed by atoms with E-state index in [0.29, 0.717) is 45.6 Å². The van der Waals surface area contributed by atoms with Crippen LogP contribution in [0.2, 0.25) is 5.02 Å². The van der Waals surface area contributed by atoms with Crippen LogP contribution < -0.4 is 19.7 Å². The summed E-state index contributed by atoms with van der Waals surface area (Å²) in [6.07, 6.45) is 4.32. The highest BCUT2D eigenvalue weighted by atomic mass is 35.5. The van der Waals surface area contributed by atoms with Gasteiger partial charge in [-0.05, 0) is 66.9 Å². The summed E-state index contributed by atoms with van der Waals surface area (Å²) in [6.45, 7) is 8.33. The molecule has 3 heterocycles. The molecule has 0 aliphatic carbocycles. The van der Waals surface area contributed by atoms with Crippen LogP contribution in [0.1, 0.15) is 47.6 Å². The zero-order chi connectivity index (χ0) is 35.9. The van der Waals surface area contributed by atoms with E-state index in [4.69, 9.17) is 30.5 Å². The number of nitriles is 1. The second-order valence-electron chi connectivity index (χ2n) is 12.8. The van der Waals surface area contributed by atoms with Crippen LogP contribution in [0, 0.1) is 18.3 Å². The molecule has 1 aliphatic heterocycles. The van der Waals surface area contributed by atoms with Gasteiger partial charge in [0.1, 0.15) is 42.3 Å². The summed E-state index contributed by atoms with van der Waals surface area (Å²) in [6, 6.07) is 19.4. The molecule has 1 saturated heterocycles. The molecule has 0 saturated carbocycles. The van der Waals surface area contributed by atoms with Crippen LogP contribution in [0.5, 0.6) is 11.5 Å². The molecule has 1 unspecified atom stereocenters. The number of likely N-dealkylation sites (N-methyl/N-ethyl adjacent to an activating group) is 1. The van der Waals surface area contributed by atoms with E-state index in [1.807, 2.05) is 25.1 Å². The second-order valence-corrected chi connectivity index (χ2v) is 13.2. The van der Waals surface area contributed by atoms with E-state index in [1.54, 1.807) is 24.4 Å². The SMILES string of the molecule is CCCC(NCc1cc(Cl)c(OCc2cccc(-c3ccc4oc(N5CCN(C)CC5)nc4c3)c2C)cc1OCc1cncc(C#N)c1)C(=O)O. The van der Waals surface area contributed by atoms with Crippen LogP contribution in [-0.4, -0.2) is 65.2 Å². The van der Waals surface area contributed by atoms with E-state index in [0.717, 1.165) is 66.0 Å². The topological polar surface area (TPSA) is 137 Å². The molecule has 1 fully saturated rings. The summed E-state index contributed by atoms with van der Waals surface area (Å²) in [4.78, 5) is 25.2. The van der Waals surface area contributed by atoms with E-state index in [-0.39, 0.29) is 19.8 Å². The third kappa shape index (κ3) is 8.60. The lowest BCUT2D eigenvalue weighted by molar-refractivity contribution is -0.139. The first-order chi connectivity index (χ1) is 24.7. The summed E-state index contributed by atoms with van der Waals surface area (Å²) in [5.41, 5.74) is 7.53. The van der Waals surface area contributed by atoms with Crippen molar-refractivity contribution in [1.82, 2.24) is 20.2 Å². The van der Waals surface area contributed by atoms with Gasteiger partial charge in [0.05, 0.1) is 10.6 Å². The molecule has 0 amide bonds. The van der Waals surface area contributed by atoms with E-state index in [2.05, 4.69) is 58.3 Å².